The Labute approximate surface area is 122 Å². The summed E-state index contributed by atoms with van der Waals surface area (Å²) in [5, 5.41) is 12.4. The highest BCUT2D eigenvalue weighted by Gasteiger charge is 2.13. The summed E-state index contributed by atoms with van der Waals surface area (Å²) in [6.45, 7) is 0. The fraction of sp³-hybridized carbons (Fsp3) is 0. The summed E-state index contributed by atoms with van der Waals surface area (Å²) in [7, 11) is 0. The molecule has 0 aliphatic rings. The maximum absolute atomic E-state index is 11.0. The minimum atomic E-state index is -1.11. The van der Waals surface area contributed by atoms with E-state index < -0.39 is 5.97 Å². The van der Waals surface area contributed by atoms with Gasteiger partial charge in [0.15, 0.2) is 5.82 Å². The van der Waals surface area contributed by atoms with Gasteiger partial charge in [-0.1, -0.05) is 27.5 Å². The van der Waals surface area contributed by atoms with Crippen molar-refractivity contribution in [1.82, 2.24) is 4.98 Å². The van der Waals surface area contributed by atoms with E-state index in [4.69, 9.17) is 22.4 Å². The number of aromatic nitrogens is 1. The summed E-state index contributed by atoms with van der Waals surface area (Å²) < 4.78 is 0.826. The number of rotatable bonds is 3. The van der Waals surface area contributed by atoms with Crippen LogP contribution in [0.15, 0.2) is 34.9 Å². The molecule has 2 aromatic rings. The average Bonchev–Trinajstić information content (AvgIpc) is 2.36. The van der Waals surface area contributed by atoms with Crippen LogP contribution in [0.25, 0.3) is 0 Å². The molecule has 5 nitrogen and oxygen atoms in total. The smallest absolute Gasteiger partial charge is 0.337 e. The van der Waals surface area contributed by atoms with Gasteiger partial charge in [0, 0.05) is 10.7 Å². The number of halogens is 2. The Morgan fingerprint density at radius 2 is 2.16 bits per heavy atom. The number of nitrogens with zero attached hydrogens (tertiary/aromatic N) is 1. The minimum absolute atomic E-state index is 0.0105. The van der Waals surface area contributed by atoms with Crippen molar-refractivity contribution in [2.75, 3.05) is 11.1 Å². The largest absolute Gasteiger partial charge is 0.478 e. The van der Waals surface area contributed by atoms with Gasteiger partial charge in [0.2, 0.25) is 0 Å². The molecular weight excluding hydrogens is 334 g/mol. The molecule has 4 N–H and O–H groups in total. The van der Waals surface area contributed by atoms with Crippen LogP contribution >= 0.6 is 27.5 Å². The van der Waals surface area contributed by atoms with E-state index in [0.29, 0.717) is 10.7 Å². The van der Waals surface area contributed by atoms with Gasteiger partial charge in [0.25, 0.3) is 0 Å². The van der Waals surface area contributed by atoms with Crippen LogP contribution in [0.4, 0.5) is 17.2 Å². The summed E-state index contributed by atoms with van der Waals surface area (Å²) in [5.41, 5.74) is 6.39. The molecule has 1 aromatic heterocycles. The molecule has 0 aliphatic heterocycles. The van der Waals surface area contributed by atoms with Gasteiger partial charge in [-0.2, -0.15) is 0 Å². The van der Waals surface area contributed by atoms with E-state index in [9.17, 15) is 4.79 Å². The molecule has 0 atom stereocenters. The highest BCUT2D eigenvalue weighted by atomic mass is 79.9. The third-order valence-corrected chi connectivity index (χ3v) is 3.22. The third-order valence-electron chi connectivity index (χ3n) is 2.40. The number of nitrogens with two attached hydrogens (primary N) is 1. The summed E-state index contributed by atoms with van der Waals surface area (Å²) in [4.78, 5) is 15.0. The van der Waals surface area contributed by atoms with Crippen LogP contribution in [0.2, 0.25) is 5.02 Å². The molecule has 7 heteroatoms. The van der Waals surface area contributed by atoms with Crippen LogP contribution in [0, 0.1) is 0 Å². The second-order valence-corrected chi connectivity index (χ2v) is 5.00. The second-order valence-electron chi connectivity index (χ2n) is 3.68. The van der Waals surface area contributed by atoms with Crippen LogP contribution in [0.3, 0.4) is 0 Å². The van der Waals surface area contributed by atoms with Crippen molar-refractivity contribution in [3.63, 3.8) is 0 Å². The molecule has 1 aromatic carbocycles. The van der Waals surface area contributed by atoms with Gasteiger partial charge in [0.1, 0.15) is 0 Å². The number of carboxylic acids is 1. The second kappa shape index (κ2) is 5.46. The molecule has 0 spiro atoms. The molecule has 0 unspecified atom stereocenters. The lowest BCUT2D eigenvalue weighted by Gasteiger charge is -2.11. The lowest BCUT2D eigenvalue weighted by molar-refractivity contribution is 0.0698. The maximum Gasteiger partial charge on any atom is 0.337 e. The first-order valence-corrected chi connectivity index (χ1v) is 6.36. The Bertz CT molecular complexity index is 649. The Kier molecular flexibility index (Phi) is 3.92. The lowest BCUT2D eigenvalue weighted by Crippen LogP contribution is -2.07. The molecule has 0 radical (unpaired) electrons. The predicted molar refractivity (Wildman–Crippen MR) is 78.0 cm³/mol. The van der Waals surface area contributed by atoms with Crippen LogP contribution in [0.5, 0.6) is 0 Å². The number of hydrogen-bond donors (Lipinski definition) is 3. The van der Waals surface area contributed by atoms with Gasteiger partial charge in [-0.05, 0) is 24.3 Å². The number of carbonyl (C=O) groups is 1. The molecular formula is C12H9BrClN3O2. The van der Waals surface area contributed by atoms with Crippen molar-refractivity contribution < 1.29 is 9.90 Å². The Morgan fingerprint density at radius 3 is 2.84 bits per heavy atom. The van der Waals surface area contributed by atoms with E-state index in [1.165, 1.54) is 12.3 Å². The highest BCUT2D eigenvalue weighted by molar-refractivity contribution is 9.10. The number of nitrogen functional groups attached to an aromatic ring is 1. The van der Waals surface area contributed by atoms with Gasteiger partial charge < -0.3 is 16.2 Å². The summed E-state index contributed by atoms with van der Waals surface area (Å²) in [6.07, 6.45) is 1.37. The molecule has 0 amide bonds. The Morgan fingerprint density at radius 1 is 1.42 bits per heavy atom. The first-order chi connectivity index (χ1) is 8.99. The maximum atomic E-state index is 11.0. The number of anilines is 3. The van der Waals surface area contributed by atoms with Crippen LogP contribution in [-0.2, 0) is 0 Å². The van der Waals surface area contributed by atoms with Gasteiger partial charge in [0.05, 0.1) is 22.0 Å². The normalized spacial score (nSPS) is 10.2. The zero-order chi connectivity index (χ0) is 14.0. The Hall–Kier alpha value is -1.79. The number of aromatic carboxylic acids is 1. The SMILES string of the molecule is Nc1c(C(=O)O)ccnc1Nc1cc(Br)ccc1Cl. The minimum Gasteiger partial charge on any atom is -0.478 e. The zero-order valence-electron chi connectivity index (χ0n) is 9.52. The number of hydrogen-bond acceptors (Lipinski definition) is 4. The monoisotopic (exact) mass is 341 g/mol. The van der Waals surface area contributed by atoms with Crippen molar-refractivity contribution >= 4 is 50.7 Å². The van der Waals surface area contributed by atoms with Crippen LogP contribution in [-0.4, -0.2) is 16.1 Å². The molecule has 0 saturated heterocycles. The fourth-order valence-corrected chi connectivity index (χ4v) is 2.01. The molecule has 0 bridgehead atoms. The van der Waals surface area contributed by atoms with E-state index in [1.54, 1.807) is 18.2 Å². The number of carboxylic acid groups (broad SMARTS) is 1. The molecule has 1 heterocycles. The lowest BCUT2D eigenvalue weighted by atomic mass is 10.2. The number of pyridine rings is 1. The first kappa shape index (κ1) is 13.6. The number of benzene rings is 1. The van der Waals surface area contributed by atoms with Gasteiger partial charge in [-0.3, -0.25) is 0 Å². The van der Waals surface area contributed by atoms with Gasteiger partial charge in [-0.15, -0.1) is 0 Å². The molecule has 0 fully saturated rings. The van der Waals surface area contributed by atoms with E-state index in [-0.39, 0.29) is 17.1 Å². The first-order valence-electron chi connectivity index (χ1n) is 5.19. The van der Waals surface area contributed by atoms with Gasteiger partial charge >= 0.3 is 5.97 Å². The Balaban J connectivity index is 2.41. The fourth-order valence-electron chi connectivity index (χ4n) is 1.48. The molecule has 2 rings (SSSR count). The predicted octanol–water partition coefficient (Wildman–Crippen LogP) is 3.52. The highest BCUT2D eigenvalue weighted by Crippen LogP contribution is 2.30. The van der Waals surface area contributed by atoms with Crippen molar-refractivity contribution in [1.29, 1.82) is 0 Å². The van der Waals surface area contributed by atoms with Crippen molar-refractivity contribution in [2.45, 2.75) is 0 Å². The molecule has 98 valence electrons. The van der Waals surface area contributed by atoms with Gasteiger partial charge in [-0.25, -0.2) is 9.78 Å². The molecule has 0 saturated carbocycles. The molecule has 19 heavy (non-hydrogen) atoms. The van der Waals surface area contributed by atoms with E-state index in [0.717, 1.165) is 4.47 Å². The summed E-state index contributed by atoms with van der Waals surface area (Å²) in [6, 6.07) is 6.57. The standard InChI is InChI=1S/C12H9BrClN3O2/c13-6-1-2-8(14)9(5-6)17-11-10(15)7(12(18)19)3-4-16-11/h1-5H,15H2,(H,16,17)(H,18,19). The topological polar surface area (TPSA) is 88.2 Å². The van der Waals surface area contributed by atoms with Crippen molar-refractivity contribution in [3.8, 4) is 0 Å². The number of nitrogens with one attached hydrogen (secondary N) is 1. The zero-order valence-corrected chi connectivity index (χ0v) is 11.9. The van der Waals surface area contributed by atoms with E-state index >= 15 is 0 Å². The van der Waals surface area contributed by atoms with Crippen molar-refractivity contribution in [3.05, 3.63) is 45.5 Å². The van der Waals surface area contributed by atoms with E-state index in [2.05, 4.69) is 26.2 Å². The quantitative estimate of drug-likeness (QED) is 0.794. The third kappa shape index (κ3) is 2.97. The van der Waals surface area contributed by atoms with Crippen LogP contribution < -0.4 is 11.1 Å². The van der Waals surface area contributed by atoms with Crippen LogP contribution in [0.1, 0.15) is 10.4 Å². The van der Waals surface area contributed by atoms with E-state index in [1.807, 2.05) is 0 Å². The average molecular weight is 343 g/mol. The summed E-state index contributed by atoms with van der Waals surface area (Å²) >= 11 is 9.35. The molecule has 0 aliphatic carbocycles. The summed E-state index contributed by atoms with van der Waals surface area (Å²) in [5.74, 6) is -0.858. The van der Waals surface area contributed by atoms with Crippen molar-refractivity contribution in [2.24, 2.45) is 0 Å².